The summed E-state index contributed by atoms with van der Waals surface area (Å²) in [6.07, 6.45) is 2.81. The summed E-state index contributed by atoms with van der Waals surface area (Å²) in [5.41, 5.74) is 2.30. The van der Waals surface area contributed by atoms with Crippen molar-refractivity contribution in [2.75, 3.05) is 0 Å². The first-order valence-electron chi connectivity index (χ1n) is 8.97. The summed E-state index contributed by atoms with van der Waals surface area (Å²) in [6, 6.07) is 11.5. The lowest BCUT2D eigenvalue weighted by Crippen LogP contribution is -2.13. The molecule has 3 aromatic heterocycles. The van der Waals surface area contributed by atoms with Crippen LogP contribution in [-0.4, -0.2) is 24.7 Å². The van der Waals surface area contributed by atoms with Crippen molar-refractivity contribution in [3.8, 4) is 0 Å². The van der Waals surface area contributed by atoms with E-state index < -0.39 is 10.8 Å². The van der Waals surface area contributed by atoms with Crippen molar-refractivity contribution in [2.24, 2.45) is 0 Å². The van der Waals surface area contributed by atoms with E-state index in [1.54, 1.807) is 22.1 Å². The van der Waals surface area contributed by atoms with Crippen LogP contribution in [0.5, 0.6) is 0 Å². The second-order valence-corrected chi connectivity index (χ2v) is 8.55. The zero-order valence-corrected chi connectivity index (χ0v) is 17.0. The number of pyridine rings is 1. The first-order valence-corrected chi connectivity index (χ1v) is 11.2. The molecule has 6 nitrogen and oxygen atoms in total. The second-order valence-electron chi connectivity index (χ2n) is 6.29. The number of para-hydroxylation sites is 2. The van der Waals surface area contributed by atoms with Gasteiger partial charge < -0.3 is 4.74 Å². The lowest BCUT2D eigenvalue weighted by atomic mass is 10.3. The number of nitrogens with zero attached hydrogens (tertiary/aromatic N) is 3. The third kappa shape index (κ3) is 3.70. The van der Waals surface area contributed by atoms with Crippen molar-refractivity contribution in [3.63, 3.8) is 0 Å². The summed E-state index contributed by atoms with van der Waals surface area (Å²) in [5.74, 6) is -0.0218. The van der Waals surface area contributed by atoms with Crippen molar-refractivity contribution in [1.82, 2.24) is 14.5 Å². The summed E-state index contributed by atoms with van der Waals surface area (Å²) in [7, 11) is -1.43. The van der Waals surface area contributed by atoms with Crippen LogP contribution in [0.2, 0.25) is 0 Å². The highest BCUT2D eigenvalue weighted by Gasteiger charge is 2.19. The third-order valence-corrected chi connectivity index (χ3v) is 6.58. The summed E-state index contributed by atoms with van der Waals surface area (Å²) < 4.78 is 21.3. The quantitative estimate of drug-likeness (QED) is 0.423. The lowest BCUT2D eigenvalue weighted by Gasteiger charge is -2.10. The van der Waals surface area contributed by atoms with Crippen LogP contribution >= 0.6 is 11.3 Å². The van der Waals surface area contributed by atoms with Crippen LogP contribution in [0, 0.1) is 0 Å². The Balaban J connectivity index is 1.67. The molecule has 0 aliphatic rings. The molecule has 28 heavy (non-hydrogen) atoms. The van der Waals surface area contributed by atoms with Gasteiger partial charge in [0.1, 0.15) is 0 Å². The van der Waals surface area contributed by atoms with Crippen LogP contribution in [0.15, 0.2) is 53.1 Å². The Morgan fingerprint density at radius 2 is 2.11 bits per heavy atom. The summed E-state index contributed by atoms with van der Waals surface area (Å²) in [5, 5.41) is 3.48. The van der Waals surface area contributed by atoms with Crippen molar-refractivity contribution in [1.29, 1.82) is 0 Å². The molecule has 1 unspecified atom stereocenters. The van der Waals surface area contributed by atoms with Crippen molar-refractivity contribution in [3.05, 3.63) is 53.7 Å². The van der Waals surface area contributed by atoms with Gasteiger partial charge in [-0.1, -0.05) is 19.1 Å². The van der Waals surface area contributed by atoms with Gasteiger partial charge in [-0.05, 0) is 41.5 Å². The smallest absolute Gasteiger partial charge is 0.307 e. The third-order valence-electron chi connectivity index (χ3n) is 4.34. The number of esters is 1. The van der Waals surface area contributed by atoms with Gasteiger partial charge >= 0.3 is 5.97 Å². The van der Waals surface area contributed by atoms with Gasteiger partial charge in [0.2, 0.25) is 5.16 Å². The second kappa shape index (κ2) is 8.20. The first-order chi connectivity index (χ1) is 13.7. The first kappa shape index (κ1) is 18.8. The molecule has 0 bridgehead atoms. The predicted molar refractivity (Wildman–Crippen MR) is 110 cm³/mol. The minimum absolute atomic E-state index is 0.00293. The topological polar surface area (TPSA) is 74.1 Å². The van der Waals surface area contributed by atoms with E-state index in [4.69, 9.17) is 4.74 Å². The number of carbonyl (C=O) groups excluding carboxylic acids is 1. The maximum atomic E-state index is 13.2. The zero-order chi connectivity index (χ0) is 19.5. The van der Waals surface area contributed by atoms with Gasteiger partial charge in [0.25, 0.3) is 0 Å². The number of fused-ring (bicyclic) bond motifs is 2. The van der Waals surface area contributed by atoms with Gasteiger partial charge in [0.05, 0.1) is 38.0 Å². The van der Waals surface area contributed by atoms with E-state index in [0.29, 0.717) is 11.6 Å². The monoisotopic (exact) mass is 413 g/mol. The molecule has 1 aromatic carbocycles. The van der Waals surface area contributed by atoms with Crippen LogP contribution in [0.3, 0.4) is 0 Å². The van der Waals surface area contributed by atoms with Crippen LogP contribution in [0.4, 0.5) is 0 Å². The molecular weight excluding hydrogens is 394 g/mol. The molecule has 0 saturated carbocycles. The normalized spacial score (nSPS) is 12.5. The maximum Gasteiger partial charge on any atom is 0.307 e. The van der Waals surface area contributed by atoms with Gasteiger partial charge in [-0.2, -0.15) is 0 Å². The maximum absolute atomic E-state index is 13.2. The summed E-state index contributed by atoms with van der Waals surface area (Å²) >= 11 is 1.59. The Morgan fingerprint density at radius 3 is 2.96 bits per heavy atom. The van der Waals surface area contributed by atoms with Gasteiger partial charge in [-0.15, -0.1) is 11.3 Å². The van der Waals surface area contributed by atoms with Gasteiger partial charge in [0.15, 0.2) is 6.73 Å². The number of thiophene rings is 1. The van der Waals surface area contributed by atoms with Crippen molar-refractivity contribution < 1.29 is 13.7 Å². The van der Waals surface area contributed by atoms with E-state index in [1.807, 2.05) is 48.7 Å². The van der Waals surface area contributed by atoms with Gasteiger partial charge in [-0.3, -0.25) is 18.6 Å². The van der Waals surface area contributed by atoms with E-state index in [9.17, 15) is 9.00 Å². The molecule has 0 radical (unpaired) electrons. The number of aromatic nitrogens is 3. The van der Waals surface area contributed by atoms with Crippen molar-refractivity contribution in [2.45, 2.75) is 37.4 Å². The standard InChI is InChI=1S/C20H19N3O3S2/c1-2-5-18(24)26-13-23-17-7-4-3-6-15(17)22-20(23)28(25)12-16-19-14(8-10-21-16)9-11-27-19/h3-4,6-11H,2,5,12-13H2,1H3. The number of carbonyl (C=O) groups is 1. The number of hydrogen-bond donors (Lipinski definition) is 0. The fourth-order valence-corrected chi connectivity index (χ4v) is 5.18. The SMILES string of the molecule is CCCC(=O)OCn1c(S(=O)Cc2nccc3ccsc23)nc2ccccc21. The molecule has 0 aliphatic carbocycles. The molecule has 0 amide bonds. The molecule has 0 fully saturated rings. The number of rotatable bonds is 7. The minimum Gasteiger partial charge on any atom is -0.444 e. The van der Waals surface area contributed by atoms with E-state index in [-0.39, 0.29) is 18.5 Å². The molecule has 3 heterocycles. The minimum atomic E-state index is -1.43. The Morgan fingerprint density at radius 1 is 1.25 bits per heavy atom. The van der Waals surface area contributed by atoms with E-state index in [2.05, 4.69) is 9.97 Å². The zero-order valence-electron chi connectivity index (χ0n) is 15.3. The molecule has 0 aliphatic heterocycles. The van der Waals surface area contributed by atoms with E-state index in [1.165, 1.54) is 0 Å². The van der Waals surface area contributed by atoms with Crippen LogP contribution in [-0.2, 0) is 32.8 Å². The molecule has 8 heteroatoms. The number of ether oxygens (including phenoxy) is 1. The molecule has 0 spiro atoms. The summed E-state index contributed by atoms with van der Waals surface area (Å²) in [4.78, 5) is 20.8. The molecule has 144 valence electrons. The Bertz CT molecular complexity index is 1170. The van der Waals surface area contributed by atoms with Gasteiger partial charge in [-0.25, -0.2) is 4.98 Å². The van der Waals surface area contributed by atoms with Crippen LogP contribution in [0.1, 0.15) is 25.5 Å². The molecule has 0 saturated heterocycles. The fourth-order valence-electron chi connectivity index (χ4n) is 3.01. The highest BCUT2D eigenvalue weighted by molar-refractivity contribution is 7.84. The average Bonchev–Trinajstić information content (AvgIpc) is 3.32. The number of imidazole rings is 1. The predicted octanol–water partition coefficient (Wildman–Crippen LogP) is 4.25. The lowest BCUT2D eigenvalue weighted by molar-refractivity contribution is -0.147. The van der Waals surface area contributed by atoms with E-state index >= 15 is 0 Å². The molecular formula is C20H19N3O3S2. The number of hydrogen-bond acceptors (Lipinski definition) is 6. The van der Waals surface area contributed by atoms with Gasteiger partial charge in [0, 0.05) is 12.6 Å². The Kier molecular flexibility index (Phi) is 5.50. The summed E-state index contributed by atoms with van der Waals surface area (Å²) in [6.45, 7) is 1.92. The Labute approximate surface area is 168 Å². The fraction of sp³-hybridized carbons (Fsp3) is 0.250. The highest BCUT2D eigenvalue weighted by Crippen LogP contribution is 2.26. The molecule has 1 atom stereocenters. The van der Waals surface area contributed by atoms with Crippen molar-refractivity contribution >= 4 is 49.2 Å². The number of benzene rings is 1. The largest absolute Gasteiger partial charge is 0.444 e. The average molecular weight is 414 g/mol. The van der Waals surface area contributed by atoms with Crippen LogP contribution in [0.25, 0.3) is 21.1 Å². The molecule has 4 aromatic rings. The van der Waals surface area contributed by atoms with E-state index in [0.717, 1.165) is 33.2 Å². The van der Waals surface area contributed by atoms with Crippen LogP contribution < -0.4 is 0 Å². The highest BCUT2D eigenvalue weighted by atomic mass is 32.2. The Hall–Kier alpha value is -2.58. The molecule has 0 N–H and O–H groups in total. The molecule has 4 rings (SSSR count).